The molecule has 202 valence electrons. The van der Waals surface area contributed by atoms with Gasteiger partial charge in [-0.15, -0.1) is 0 Å². The number of rotatable bonds is 7. The molecule has 3 heterocycles. The number of aliphatic hydroxyl groups is 1. The predicted octanol–water partition coefficient (Wildman–Crippen LogP) is 5.92. The van der Waals surface area contributed by atoms with Gasteiger partial charge in [0.1, 0.15) is 29.1 Å². The summed E-state index contributed by atoms with van der Waals surface area (Å²) in [6, 6.07) is 17.3. The summed E-state index contributed by atoms with van der Waals surface area (Å²) in [5.41, 5.74) is 4.28. The first kappa shape index (κ1) is 26.2. The molecule has 0 aromatic heterocycles. The highest BCUT2D eigenvalue weighted by molar-refractivity contribution is 9.10. The highest BCUT2D eigenvalue weighted by atomic mass is 79.9. The predicted molar refractivity (Wildman–Crippen MR) is 158 cm³/mol. The number of methoxy groups -OCH3 is 1. The first-order valence-electron chi connectivity index (χ1n) is 12.9. The van der Waals surface area contributed by atoms with E-state index in [0.29, 0.717) is 43.6 Å². The number of anilines is 2. The van der Waals surface area contributed by atoms with Crippen molar-refractivity contribution in [2.45, 2.75) is 19.0 Å². The third-order valence-electron chi connectivity index (χ3n) is 7.42. The summed E-state index contributed by atoms with van der Waals surface area (Å²) in [4.78, 5) is 25.4. The Morgan fingerprint density at radius 2 is 1.64 bits per heavy atom. The van der Waals surface area contributed by atoms with Crippen LogP contribution in [0.1, 0.15) is 35.7 Å². The first-order chi connectivity index (χ1) is 19.0. The van der Waals surface area contributed by atoms with Crippen molar-refractivity contribution in [3.63, 3.8) is 0 Å². The van der Waals surface area contributed by atoms with Gasteiger partial charge in [0.2, 0.25) is 0 Å². The number of nitrogens with zero attached hydrogens (tertiary/aromatic N) is 4. The molecule has 8 nitrogen and oxygen atoms in total. The van der Waals surface area contributed by atoms with E-state index < -0.39 is 0 Å². The zero-order valence-electron chi connectivity index (χ0n) is 21.6. The molecule has 3 aromatic rings. The minimum atomic E-state index is -0.342. The van der Waals surface area contributed by atoms with Crippen molar-refractivity contribution < 1.29 is 19.4 Å². The van der Waals surface area contributed by atoms with E-state index in [1.165, 1.54) is 0 Å². The lowest BCUT2D eigenvalue weighted by atomic mass is 9.93. The fraction of sp³-hybridized carbons (Fsp3) is 0.310. The standard InChI is InChI=1S/C29H28Br2N4O4/c1-3-39-21-16-22(38-2)26-27-23(21)28-32-24(17-4-8-19(30)9-5-17)25(18-6-10-20(31)11-7-18)35(28)29(37)34(27)13-12-33(26)14-15-36/h4-11,16,24-25,36H,3,12-15H2,1-2H3. The lowest BCUT2D eigenvalue weighted by molar-refractivity contribution is 0.213. The second-order valence-corrected chi connectivity index (χ2v) is 11.4. The summed E-state index contributed by atoms with van der Waals surface area (Å²) in [6.07, 6.45) is 0. The van der Waals surface area contributed by atoms with Gasteiger partial charge in [-0.1, -0.05) is 56.1 Å². The molecular formula is C29H28Br2N4O4. The van der Waals surface area contributed by atoms with Crippen molar-refractivity contribution in [1.82, 2.24) is 4.90 Å². The van der Waals surface area contributed by atoms with Crippen LogP contribution < -0.4 is 19.3 Å². The summed E-state index contributed by atoms with van der Waals surface area (Å²) in [7, 11) is 1.61. The van der Waals surface area contributed by atoms with Gasteiger partial charge in [0, 0.05) is 34.6 Å². The van der Waals surface area contributed by atoms with Crippen LogP contribution in [-0.2, 0) is 0 Å². The van der Waals surface area contributed by atoms with E-state index in [4.69, 9.17) is 14.5 Å². The highest BCUT2D eigenvalue weighted by Gasteiger charge is 2.51. The van der Waals surface area contributed by atoms with E-state index in [9.17, 15) is 9.90 Å². The number of urea groups is 1. The third kappa shape index (κ3) is 4.29. The van der Waals surface area contributed by atoms with Crippen molar-refractivity contribution in [1.29, 1.82) is 0 Å². The number of amidine groups is 1. The number of hydrogen-bond acceptors (Lipinski definition) is 6. The van der Waals surface area contributed by atoms with Crippen LogP contribution in [0.3, 0.4) is 0 Å². The van der Waals surface area contributed by atoms with Crippen LogP contribution in [0.2, 0.25) is 0 Å². The van der Waals surface area contributed by atoms with Crippen molar-refractivity contribution in [3.05, 3.63) is 80.2 Å². The van der Waals surface area contributed by atoms with Gasteiger partial charge in [-0.2, -0.15) is 0 Å². The molecule has 0 saturated carbocycles. The van der Waals surface area contributed by atoms with Crippen LogP contribution >= 0.6 is 31.9 Å². The molecule has 6 rings (SSSR count). The number of fused-ring (bicyclic) bond motifs is 2. The Balaban J connectivity index is 1.61. The molecule has 3 aliphatic heterocycles. The van der Waals surface area contributed by atoms with Crippen LogP contribution in [0, 0.1) is 0 Å². The second kappa shape index (κ2) is 10.5. The molecule has 0 spiro atoms. The van der Waals surface area contributed by atoms with Gasteiger partial charge in [0.15, 0.2) is 0 Å². The lowest BCUT2D eigenvalue weighted by Crippen LogP contribution is -2.55. The number of carbonyl (C=O) groups excluding carboxylic acids is 1. The highest BCUT2D eigenvalue weighted by Crippen LogP contribution is 2.55. The van der Waals surface area contributed by atoms with Crippen LogP contribution in [0.25, 0.3) is 0 Å². The minimum Gasteiger partial charge on any atom is -0.494 e. The molecule has 0 bridgehead atoms. The molecule has 0 aliphatic carbocycles. The SMILES string of the molecule is CCOc1cc(OC)c2c3c1C1=NC(c4ccc(Br)cc4)C(c4ccc(Br)cc4)N1C(=O)N3CCN2CCO. The maximum Gasteiger partial charge on any atom is 0.330 e. The van der Waals surface area contributed by atoms with Gasteiger partial charge in [-0.25, -0.2) is 4.79 Å². The smallest absolute Gasteiger partial charge is 0.330 e. The Morgan fingerprint density at radius 3 is 2.26 bits per heavy atom. The van der Waals surface area contributed by atoms with E-state index in [-0.39, 0.29) is 24.7 Å². The number of ether oxygens (including phenoxy) is 2. The second-order valence-electron chi connectivity index (χ2n) is 9.54. The van der Waals surface area contributed by atoms with Crippen LogP contribution in [-0.4, -0.2) is 61.8 Å². The summed E-state index contributed by atoms with van der Waals surface area (Å²) in [5.74, 6) is 1.81. The number of hydrogen-bond donors (Lipinski definition) is 1. The average Bonchev–Trinajstić information content (AvgIpc) is 3.34. The number of β-amino-alcohol motifs (C(OH)–C–C–N with tert-alkyl or cyclic N) is 1. The van der Waals surface area contributed by atoms with Crippen molar-refractivity contribution in [3.8, 4) is 11.5 Å². The number of benzene rings is 3. The van der Waals surface area contributed by atoms with Gasteiger partial charge in [-0.05, 0) is 42.3 Å². The molecule has 0 saturated heterocycles. The zero-order chi connectivity index (χ0) is 27.3. The fourth-order valence-corrected chi connectivity index (χ4v) is 6.30. The Labute approximate surface area is 244 Å². The molecule has 3 aromatic carbocycles. The van der Waals surface area contributed by atoms with Crippen LogP contribution in [0.4, 0.5) is 16.2 Å². The monoisotopic (exact) mass is 654 g/mol. The Hall–Kier alpha value is -3.08. The quantitative estimate of drug-likeness (QED) is 0.342. The summed E-state index contributed by atoms with van der Waals surface area (Å²) < 4.78 is 13.9. The zero-order valence-corrected chi connectivity index (χ0v) is 24.8. The van der Waals surface area contributed by atoms with Gasteiger partial charge >= 0.3 is 6.03 Å². The van der Waals surface area contributed by atoms with Gasteiger partial charge in [0.05, 0.1) is 37.6 Å². The molecule has 0 fully saturated rings. The fourth-order valence-electron chi connectivity index (χ4n) is 5.77. The summed E-state index contributed by atoms with van der Waals surface area (Å²) >= 11 is 7.09. The van der Waals surface area contributed by atoms with Gasteiger partial charge in [-0.3, -0.25) is 14.8 Å². The molecule has 0 radical (unpaired) electrons. The number of aliphatic hydroxyl groups excluding tert-OH is 1. The molecule has 2 atom stereocenters. The number of aliphatic imine (C=N–C) groups is 1. The molecule has 2 unspecified atom stereocenters. The molecule has 39 heavy (non-hydrogen) atoms. The Kier molecular flexibility index (Phi) is 7.03. The molecule has 2 amide bonds. The van der Waals surface area contributed by atoms with E-state index in [2.05, 4.69) is 48.9 Å². The normalized spacial score (nSPS) is 19.6. The van der Waals surface area contributed by atoms with Crippen LogP contribution in [0.15, 0.2) is 68.5 Å². The van der Waals surface area contributed by atoms with E-state index in [0.717, 1.165) is 37.0 Å². The molecule has 3 aliphatic rings. The topological polar surface area (TPSA) is 77.8 Å². The van der Waals surface area contributed by atoms with Crippen molar-refractivity contribution in [2.75, 3.05) is 49.8 Å². The molecular weight excluding hydrogens is 628 g/mol. The number of halogens is 2. The Morgan fingerprint density at radius 1 is 0.974 bits per heavy atom. The van der Waals surface area contributed by atoms with Crippen molar-refractivity contribution in [2.24, 2.45) is 4.99 Å². The van der Waals surface area contributed by atoms with Crippen molar-refractivity contribution >= 4 is 55.1 Å². The molecule has 10 heteroatoms. The largest absolute Gasteiger partial charge is 0.494 e. The van der Waals surface area contributed by atoms with E-state index in [1.54, 1.807) is 7.11 Å². The maximum absolute atomic E-state index is 14.4. The lowest BCUT2D eigenvalue weighted by Gasteiger charge is -2.45. The van der Waals surface area contributed by atoms with E-state index >= 15 is 0 Å². The number of carbonyl (C=O) groups is 1. The number of amides is 2. The third-order valence-corrected chi connectivity index (χ3v) is 8.48. The average molecular weight is 656 g/mol. The van der Waals surface area contributed by atoms with Gasteiger partial charge in [0.25, 0.3) is 0 Å². The summed E-state index contributed by atoms with van der Waals surface area (Å²) in [6.45, 7) is 3.84. The Bertz CT molecular complexity index is 1450. The van der Waals surface area contributed by atoms with E-state index in [1.807, 2.05) is 59.2 Å². The first-order valence-corrected chi connectivity index (χ1v) is 14.5. The minimum absolute atomic E-state index is 0.0105. The van der Waals surface area contributed by atoms with Crippen LogP contribution in [0.5, 0.6) is 11.5 Å². The molecule has 1 N–H and O–H groups in total. The van der Waals surface area contributed by atoms with Gasteiger partial charge < -0.3 is 19.5 Å². The summed E-state index contributed by atoms with van der Waals surface area (Å²) in [5, 5.41) is 9.79. The maximum atomic E-state index is 14.4.